The molecule has 0 aromatic carbocycles. The highest BCUT2D eigenvalue weighted by Crippen LogP contribution is 2.44. The molecule has 4 fully saturated rings. The van der Waals surface area contributed by atoms with Crippen LogP contribution < -0.4 is 0 Å². The van der Waals surface area contributed by atoms with E-state index in [1.807, 2.05) is 58.1 Å². The lowest BCUT2D eigenvalue weighted by atomic mass is 9.73. The van der Waals surface area contributed by atoms with E-state index in [0.717, 1.165) is 16.7 Å². The van der Waals surface area contributed by atoms with Crippen molar-refractivity contribution in [2.24, 2.45) is 23.7 Å². The van der Waals surface area contributed by atoms with E-state index in [0.29, 0.717) is 12.0 Å². The molecule has 21 heteroatoms. The molecular formula is C61H100O21. The summed E-state index contributed by atoms with van der Waals surface area (Å²) in [6.45, 7) is 20.7. The zero-order chi connectivity index (χ0) is 61.1. The second kappa shape index (κ2) is 31.2. The van der Waals surface area contributed by atoms with E-state index in [2.05, 4.69) is 0 Å². The summed E-state index contributed by atoms with van der Waals surface area (Å²) in [6, 6.07) is 0. The van der Waals surface area contributed by atoms with Crippen molar-refractivity contribution in [1.29, 1.82) is 0 Å². The van der Waals surface area contributed by atoms with Crippen molar-refractivity contribution in [2.75, 3.05) is 35.0 Å². The number of hydrogen-bond acceptors (Lipinski definition) is 21. The largest absolute Gasteiger partial charge is 0.454 e. The molecule has 4 saturated heterocycles. The number of aliphatic hydroxyl groups is 7. The number of esters is 1. The Morgan fingerprint density at radius 2 is 1.45 bits per heavy atom. The number of allylic oxidation sites excluding steroid dienone is 8. The molecule has 7 N–H and O–H groups in total. The SMILES string of the molecule is COC[C@@H](CC1O[C@@](O)([C@H](O)C2CC(=O)/C(C)=C/C(C)=C/C(C)=C/[C@@H](C)[C@H](O[C@@H]3O[C@@H](C)[C@H](OC)[C@@H](O)[C@@H]3OC(C)=O)/C=C/C(C)=C/CC[C@H](O)[C@@H](OC)C2)[C@H](C)[C@@H](O)[C@H]1C)O[C@H]1C[C@](C)(O)[C@@H](O[C@H]2C[C@@H](OC)[C@H](O)[C@@H](C)O2)[C@H](C)O1. The van der Waals surface area contributed by atoms with Crippen LogP contribution in [-0.2, 0) is 66.4 Å². The summed E-state index contributed by atoms with van der Waals surface area (Å²) in [5.74, 6) is -6.44. The summed E-state index contributed by atoms with van der Waals surface area (Å²) in [6.07, 6.45) is -5.72. The number of carbonyl (C=O) groups excluding carboxylic acids is 2. The van der Waals surface area contributed by atoms with Crippen LogP contribution in [0.2, 0.25) is 0 Å². The van der Waals surface area contributed by atoms with Crippen LogP contribution in [0.25, 0.3) is 0 Å². The smallest absolute Gasteiger partial charge is 0.303 e. The summed E-state index contributed by atoms with van der Waals surface area (Å²) in [5.41, 5.74) is 1.29. The Labute approximate surface area is 485 Å². The van der Waals surface area contributed by atoms with Crippen LogP contribution in [0.4, 0.5) is 0 Å². The molecule has 2 unspecified atom stereocenters. The third-order valence-corrected chi connectivity index (χ3v) is 17.1. The Morgan fingerprint density at radius 1 is 0.780 bits per heavy atom. The number of ether oxygens (including phenoxy) is 12. The first-order chi connectivity index (χ1) is 38.5. The molecule has 0 saturated carbocycles. The minimum absolute atomic E-state index is 0.0187. The van der Waals surface area contributed by atoms with Gasteiger partial charge in [-0.05, 0) is 86.1 Å². The van der Waals surface area contributed by atoms with Crippen molar-refractivity contribution in [2.45, 2.75) is 256 Å². The van der Waals surface area contributed by atoms with Crippen molar-refractivity contribution in [3.8, 4) is 0 Å². The van der Waals surface area contributed by atoms with E-state index < -0.39 is 152 Å². The van der Waals surface area contributed by atoms with E-state index >= 15 is 0 Å². The highest BCUT2D eigenvalue weighted by atomic mass is 16.7. The van der Waals surface area contributed by atoms with Crippen molar-refractivity contribution in [3.05, 3.63) is 58.7 Å². The zero-order valence-electron chi connectivity index (χ0n) is 51.2. The van der Waals surface area contributed by atoms with Crippen LogP contribution in [0.1, 0.15) is 128 Å². The number of Topliss-reactive ketones (excluding diaryl/α,β-unsaturated/α-hetero) is 1. The van der Waals surface area contributed by atoms with Gasteiger partial charge in [-0.1, -0.05) is 73.9 Å². The highest BCUT2D eigenvalue weighted by molar-refractivity contribution is 5.95. The summed E-state index contributed by atoms with van der Waals surface area (Å²) < 4.78 is 72.3. The first-order valence-corrected chi connectivity index (χ1v) is 29.1. The number of ketones is 1. The van der Waals surface area contributed by atoms with Gasteiger partial charge in [0.1, 0.15) is 30.5 Å². The molecule has 0 aromatic heterocycles. The lowest BCUT2D eigenvalue weighted by Crippen LogP contribution is -2.64. The maximum absolute atomic E-state index is 14.4. The van der Waals surface area contributed by atoms with Crippen molar-refractivity contribution in [3.63, 3.8) is 0 Å². The number of methoxy groups -OCH3 is 4. The normalized spacial score (nSPS) is 45.4. The van der Waals surface area contributed by atoms with E-state index in [1.54, 1.807) is 54.5 Å². The first kappa shape index (κ1) is 69.9. The fourth-order valence-electron chi connectivity index (χ4n) is 12.3. The maximum atomic E-state index is 14.4. The summed E-state index contributed by atoms with van der Waals surface area (Å²) in [4.78, 5) is 26.6. The highest BCUT2D eigenvalue weighted by Gasteiger charge is 2.57. The second-order valence-electron chi connectivity index (χ2n) is 24.0. The molecule has 25 atom stereocenters. The molecule has 21 nitrogen and oxygen atoms in total. The third kappa shape index (κ3) is 18.1. The molecule has 0 aromatic rings. The van der Waals surface area contributed by atoms with Crippen LogP contribution in [0.5, 0.6) is 0 Å². The molecule has 4 heterocycles. The average Bonchev–Trinajstić information content (AvgIpc) is 3.56. The van der Waals surface area contributed by atoms with E-state index in [1.165, 1.54) is 35.4 Å². The van der Waals surface area contributed by atoms with Gasteiger partial charge in [0, 0.05) is 78.8 Å². The van der Waals surface area contributed by atoms with Gasteiger partial charge in [0.2, 0.25) is 0 Å². The Morgan fingerprint density at radius 3 is 2.07 bits per heavy atom. The number of rotatable bonds is 16. The third-order valence-electron chi connectivity index (χ3n) is 17.1. The van der Waals surface area contributed by atoms with Crippen molar-refractivity contribution in [1.82, 2.24) is 0 Å². The molecule has 0 amide bonds. The Balaban J connectivity index is 1.39. The van der Waals surface area contributed by atoms with Crippen LogP contribution >= 0.6 is 0 Å². The molecule has 5 rings (SSSR count). The Hall–Kier alpha value is -2.88. The van der Waals surface area contributed by atoms with Crippen LogP contribution in [0.3, 0.4) is 0 Å². The van der Waals surface area contributed by atoms with Crippen molar-refractivity contribution >= 4 is 11.8 Å². The fourth-order valence-corrected chi connectivity index (χ4v) is 12.3. The van der Waals surface area contributed by atoms with Gasteiger partial charge in [-0.15, -0.1) is 0 Å². The fraction of sp³-hybridized carbons (Fsp3) is 0.803. The number of aliphatic hydroxyl groups excluding tert-OH is 5. The average molecular weight is 1170 g/mol. The Kier molecular flexibility index (Phi) is 26.6. The van der Waals surface area contributed by atoms with E-state index in [9.17, 15) is 45.3 Å². The summed E-state index contributed by atoms with van der Waals surface area (Å²) in [7, 11) is 5.87. The standard InChI is InChI=1S/C61H100O21/c1-31-18-17-19-44(63)48(72-14)26-42(25-45(64)34(4)23-32(2)22-33(3)24-35(5)46(21-20-31)80-59-56(78-41(11)62)54(67)55(74-16)39(9)77-59)57(68)61(70)37(7)52(65)36(6)47(82-61)27-43(30-71-13)79-51-29-60(12,69)58(40(10)76-51)81-50-28-49(73-15)53(66)38(8)75-50/h18,20-24,35-40,42-44,46-59,63,65-70H,17,19,25-30H2,1-16H3/b21-20+,31-18+,32-22+,33-24+,34-23+/t35-,36+,37-,38-,39+,40+,42?,43-,44+,46-,47?,48+,49-,50+,51+,52+,53-,54-,55+,56+,57-,58+,59+,60+,61-/m1/s1. The summed E-state index contributed by atoms with van der Waals surface area (Å²) >= 11 is 0. The minimum Gasteiger partial charge on any atom is -0.454 e. The maximum Gasteiger partial charge on any atom is 0.303 e. The molecule has 0 spiro atoms. The van der Waals surface area contributed by atoms with Gasteiger partial charge in [-0.2, -0.15) is 0 Å². The van der Waals surface area contributed by atoms with E-state index in [4.69, 9.17) is 56.8 Å². The van der Waals surface area contributed by atoms with Gasteiger partial charge >= 0.3 is 5.97 Å². The van der Waals surface area contributed by atoms with E-state index in [-0.39, 0.29) is 56.8 Å². The lowest BCUT2D eigenvalue weighted by Gasteiger charge is -2.52. The van der Waals surface area contributed by atoms with Gasteiger partial charge in [0.25, 0.3) is 0 Å². The number of hydrogen-bond donors (Lipinski definition) is 7. The zero-order valence-corrected chi connectivity index (χ0v) is 51.2. The molecule has 0 bridgehead atoms. The van der Waals surface area contributed by atoms with Crippen LogP contribution in [-0.4, -0.2) is 210 Å². The van der Waals surface area contributed by atoms with Gasteiger partial charge in [0.15, 0.2) is 36.5 Å². The molecule has 5 aliphatic rings. The second-order valence-corrected chi connectivity index (χ2v) is 24.0. The number of carbonyl (C=O) groups is 2. The summed E-state index contributed by atoms with van der Waals surface area (Å²) in [5, 5.41) is 82.5. The molecule has 1 aliphatic carbocycles. The minimum atomic E-state index is -2.43. The lowest BCUT2D eigenvalue weighted by molar-refractivity contribution is -0.363. The monoisotopic (exact) mass is 1170 g/mol. The predicted molar refractivity (Wildman–Crippen MR) is 300 cm³/mol. The predicted octanol–water partition coefficient (Wildman–Crippen LogP) is 4.82. The Bertz CT molecular complexity index is 2200. The van der Waals surface area contributed by atoms with Gasteiger partial charge in [0.05, 0.1) is 73.2 Å². The van der Waals surface area contributed by atoms with Crippen LogP contribution in [0, 0.1) is 23.7 Å². The molecular weight excluding hydrogens is 1070 g/mol. The quantitative estimate of drug-likeness (QED) is 0.102. The van der Waals surface area contributed by atoms with Crippen molar-refractivity contribution < 1.29 is 102 Å². The topological polar surface area (TPSA) is 287 Å². The molecule has 82 heavy (non-hydrogen) atoms. The van der Waals surface area contributed by atoms with Crippen LogP contribution in [0.15, 0.2) is 58.7 Å². The molecule has 470 valence electrons. The molecule has 0 radical (unpaired) electrons. The molecule has 4 aliphatic heterocycles. The van der Waals surface area contributed by atoms with Gasteiger partial charge < -0.3 is 92.6 Å². The first-order valence-electron chi connectivity index (χ1n) is 29.1. The van der Waals surface area contributed by atoms with Gasteiger partial charge in [-0.3, -0.25) is 9.59 Å². The van der Waals surface area contributed by atoms with Gasteiger partial charge in [-0.25, -0.2) is 0 Å².